The second-order valence-corrected chi connectivity index (χ2v) is 13.7. The molecule has 1 aliphatic heterocycles. The number of hydrogen-bond acceptors (Lipinski definition) is 6. The molecule has 0 aromatic heterocycles. The molecule has 3 aromatic carbocycles. The molecule has 0 spiro atoms. The number of alkyl halides is 18. The van der Waals surface area contributed by atoms with E-state index in [4.69, 9.17) is 4.74 Å². The van der Waals surface area contributed by atoms with Gasteiger partial charge in [-0.3, -0.25) is 0 Å². The zero-order valence-corrected chi connectivity index (χ0v) is 27.1. The number of aliphatic hydroxyl groups is 3. The highest BCUT2D eigenvalue weighted by Crippen LogP contribution is 2.65. The van der Waals surface area contributed by atoms with Crippen LogP contribution in [-0.4, -0.2) is 89.0 Å². The first kappa shape index (κ1) is 43.8. The molecule has 0 amide bonds. The van der Waals surface area contributed by atoms with Gasteiger partial charge in [-0.05, 0) is 59.0 Å². The first-order chi connectivity index (χ1) is 24.7. The van der Waals surface area contributed by atoms with Crippen molar-refractivity contribution in [1.29, 1.82) is 0 Å². The summed E-state index contributed by atoms with van der Waals surface area (Å²) in [5, 5.41) is 28.5. The Balaban J connectivity index is 1.85. The van der Waals surface area contributed by atoms with E-state index in [1.165, 1.54) is 0 Å². The topological polar surface area (TPSA) is 88.4 Å². The molecular weight excluding hydrogens is 830 g/mol. The van der Waals surface area contributed by atoms with E-state index in [-0.39, 0.29) is 25.8 Å². The summed E-state index contributed by atoms with van der Waals surface area (Å²) in [6, 6.07) is 8.84. The maximum atomic E-state index is 13.4. The third-order valence-corrected chi connectivity index (χ3v) is 10.4. The van der Waals surface area contributed by atoms with Gasteiger partial charge in [-0.1, -0.05) is 12.1 Å². The monoisotopic (exact) mass is 850 g/mol. The van der Waals surface area contributed by atoms with Crippen LogP contribution in [0.25, 0.3) is 11.1 Å². The fourth-order valence-electron chi connectivity index (χ4n) is 4.75. The van der Waals surface area contributed by atoms with E-state index < -0.39 is 102 Å². The molecule has 25 heteroatoms. The summed E-state index contributed by atoms with van der Waals surface area (Å²) in [6.45, 7) is -7.48. The molecule has 1 heterocycles. The summed E-state index contributed by atoms with van der Waals surface area (Å²) < 4.78 is 253. The van der Waals surface area contributed by atoms with Gasteiger partial charge in [0.25, 0.3) is 16.8 Å². The second kappa shape index (κ2) is 13.9. The van der Waals surface area contributed by atoms with Crippen LogP contribution < -0.4 is 14.2 Å². The highest BCUT2D eigenvalue weighted by molar-refractivity contribution is 8.17. The Morgan fingerprint density at radius 1 is 0.436 bits per heavy atom. The van der Waals surface area contributed by atoms with Crippen molar-refractivity contribution in [2.45, 2.75) is 68.5 Å². The Labute approximate surface area is 297 Å². The minimum absolute atomic E-state index is 0.136. The molecule has 6 nitrogen and oxygen atoms in total. The number of rotatable bonds is 10. The van der Waals surface area contributed by atoms with Crippen molar-refractivity contribution in [2.24, 2.45) is 0 Å². The first-order valence-electron chi connectivity index (χ1n) is 14.3. The number of halogens is 18. The Kier molecular flexibility index (Phi) is 11.1. The first-order valence-corrected chi connectivity index (χ1v) is 15.7. The van der Waals surface area contributed by atoms with Crippen molar-refractivity contribution in [3.05, 3.63) is 60.7 Å². The minimum Gasteiger partial charge on any atom is -0.490 e. The van der Waals surface area contributed by atoms with Crippen molar-refractivity contribution < 1.29 is 109 Å². The second-order valence-electron chi connectivity index (χ2n) is 11.6. The predicted octanol–water partition coefficient (Wildman–Crippen LogP) is 8.85. The maximum Gasteiger partial charge on any atom is 0.429 e. The van der Waals surface area contributed by atoms with Gasteiger partial charge in [0.2, 0.25) is 0 Å². The number of benzene rings is 3. The normalized spacial score (nSPS) is 16.8. The molecular formula is C30H20F18O6S. The van der Waals surface area contributed by atoms with Crippen molar-refractivity contribution >= 4 is 10.9 Å². The maximum absolute atomic E-state index is 13.4. The smallest absolute Gasteiger partial charge is 0.429 e. The number of fused-ring (bicyclic) bond motifs is 3. The van der Waals surface area contributed by atoms with E-state index in [1.807, 2.05) is 0 Å². The zero-order chi connectivity index (χ0) is 42.0. The van der Waals surface area contributed by atoms with E-state index in [1.54, 1.807) is 0 Å². The van der Waals surface area contributed by atoms with E-state index in [9.17, 15) is 94.3 Å². The largest absolute Gasteiger partial charge is 0.490 e. The average Bonchev–Trinajstić information content (AvgIpc) is 3.36. The zero-order valence-electron chi connectivity index (χ0n) is 26.2. The minimum atomic E-state index is -6.36. The van der Waals surface area contributed by atoms with Crippen LogP contribution in [0.5, 0.6) is 17.2 Å². The SMILES string of the molecule is OC(COc1cccc([SH]2c3cc(OCC(O)(C(F)(F)F)C(F)(F)F)ccc3-c3c(OCC(O)(C(F)(F)F)C(F)(F)F)cccc32)c1)(C(F)(F)F)C(F)(F)F. The third kappa shape index (κ3) is 7.88. The van der Waals surface area contributed by atoms with Crippen LogP contribution in [0.4, 0.5) is 79.0 Å². The molecule has 1 unspecified atom stereocenters. The quantitative estimate of drug-likeness (QED) is 0.0943. The average molecular weight is 851 g/mol. The van der Waals surface area contributed by atoms with Gasteiger partial charge in [-0.25, -0.2) is 0 Å². The molecule has 308 valence electrons. The van der Waals surface area contributed by atoms with Gasteiger partial charge in [0.1, 0.15) is 37.1 Å². The molecule has 4 rings (SSSR count). The summed E-state index contributed by atoms with van der Waals surface area (Å²) in [5.41, 5.74) is -16.9. The molecule has 1 atom stereocenters. The van der Waals surface area contributed by atoms with E-state index in [0.29, 0.717) is 6.07 Å². The number of ether oxygens (including phenoxy) is 3. The molecule has 0 bridgehead atoms. The van der Waals surface area contributed by atoms with Crippen molar-refractivity contribution in [1.82, 2.24) is 0 Å². The molecule has 55 heavy (non-hydrogen) atoms. The van der Waals surface area contributed by atoms with E-state index >= 15 is 0 Å². The van der Waals surface area contributed by atoms with Crippen LogP contribution in [0.2, 0.25) is 0 Å². The lowest BCUT2D eigenvalue weighted by Gasteiger charge is -2.32. The van der Waals surface area contributed by atoms with Gasteiger partial charge >= 0.3 is 37.1 Å². The highest BCUT2D eigenvalue weighted by Gasteiger charge is 2.73. The Morgan fingerprint density at radius 3 is 1.27 bits per heavy atom. The van der Waals surface area contributed by atoms with E-state index in [0.717, 1.165) is 54.6 Å². The van der Waals surface area contributed by atoms with Gasteiger partial charge in [0.15, 0.2) is 0 Å². The lowest BCUT2D eigenvalue weighted by molar-refractivity contribution is -0.374. The van der Waals surface area contributed by atoms with E-state index in [2.05, 4.69) is 9.47 Å². The molecule has 3 N–H and O–H groups in total. The fraction of sp³-hybridized carbons (Fsp3) is 0.400. The lowest BCUT2D eigenvalue weighted by atomic mass is 10.0. The van der Waals surface area contributed by atoms with Crippen molar-refractivity contribution in [3.8, 4) is 28.4 Å². The van der Waals surface area contributed by atoms with Gasteiger partial charge in [-0.15, -0.1) is 0 Å². The summed E-state index contributed by atoms with van der Waals surface area (Å²) in [6.07, 6.45) is -38.1. The van der Waals surface area contributed by atoms with Gasteiger partial charge in [-0.2, -0.15) is 89.9 Å². The summed E-state index contributed by atoms with van der Waals surface area (Å²) in [5.74, 6) is -2.48. The van der Waals surface area contributed by atoms with Crippen LogP contribution in [0.15, 0.2) is 75.4 Å². The van der Waals surface area contributed by atoms with Gasteiger partial charge < -0.3 is 29.5 Å². The molecule has 0 saturated carbocycles. The Hall–Kier alpha value is -3.97. The third-order valence-electron chi connectivity index (χ3n) is 7.95. The summed E-state index contributed by atoms with van der Waals surface area (Å²) >= 11 is 0. The predicted molar refractivity (Wildman–Crippen MR) is 150 cm³/mol. The summed E-state index contributed by atoms with van der Waals surface area (Å²) in [4.78, 5) is -0.570. The number of thiol groups is 1. The Bertz CT molecular complexity index is 1820. The van der Waals surface area contributed by atoms with Crippen molar-refractivity contribution in [3.63, 3.8) is 0 Å². The number of hydrogen-bond donors (Lipinski definition) is 4. The molecule has 0 fully saturated rings. The Morgan fingerprint density at radius 2 is 0.836 bits per heavy atom. The van der Waals surface area contributed by atoms with Gasteiger partial charge in [0, 0.05) is 15.4 Å². The van der Waals surface area contributed by atoms with Crippen LogP contribution in [0.3, 0.4) is 0 Å². The lowest BCUT2D eigenvalue weighted by Crippen LogP contribution is -2.60. The highest BCUT2D eigenvalue weighted by atomic mass is 32.2. The molecule has 1 aliphatic rings. The fourth-order valence-corrected chi connectivity index (χ4v) is 7.43. The summed E-state index contributed by atoms with van der Waals surface area (Å²) in [7, 11) is -2.43. The molecule has 0 saturated heterocycles. The standard InChI is InChI=1S/C30H20F18O6S/c31-25(32,33)22(49,26(34,35)36)11-52-14-3-1-4-16(9-14)55-19-6-2-5-18(54-13-24(51,29(43,44)45)30(46,47)48)21(19)17-8-7-15(10-20(17)55)53-12-23(50,27(37,38)39)28(40,41)42/h1-10,49-51,55H,11-13H2. The van der Waals surface area contributed by atoms with Crippen molar-refractivity contribution in [2.75, 3.05) is 19.8 Å². The van der Waals surface area contributed by atoms with Gasteiger partial charge in [0.05, 0.1) is 0 Å². The van der Waals surface area contributed by atoms with Crippen LogP contribution >= 0.6 is 10.9 Å². The molecule has 0 radical (unpaired) electrons. The molecule has 3 aromatic rings. The molecule has 0 aliphatic carbocycles. The van der Waals surface area contributed by atoms with Crippen LogP contribution in [0, 0.1) is 0 Å². The van der Waals surface area contributed by atoms with Crippen LogP contribution in [0.1, 0.15) is 0 Å². The van der Waals surface area contributed by atoms with Crippen LogP contribution in [-0.2, 0) is 0 Å².